The maximum atomic E-state index is 13.7. The van der Waals surface area contributed by atoms with Crippen LogP contribution in [-0.2, 0) is 17.0 Å². The van der Waals surface area contributed by atoms with E-state index in [1.807, 2.05) is 19.1 Å². The summed E-state index contributed by atoms with van der Waals surface area (Å²) < 4.78 is 41.5. The van der Waals surface area contributed by atoms with Crippen LogP contribution in [0.15, 0.2) is 59.4 Å². The normalized spacial score (nSPS) is 11.8. The molecule has 0 fully saturated rings. The minimum absolute atomic E-state index is 0.112. The molecule has 9 heteroatoms. The topological polar surface area (TPSA) is 105 Å². The highest BCUT2D eigenvalue weighted by atomic mass is 32.3. The molecule has 5 rings (SSSR count). The van der Waals surface area contributed by atoms with Crippen LogP contribution in [0.25, 0.3) is 44.0 Å². The van der Waals surface area contributed by atoms with Crippen LogP contribution in [0, 0.1) is 18.3 Å². The highest BCUT2D eigenvalue weighted by molar-refractivity contribution is 7.81. The summed E-state index contributed by atoms with van der Waals surface area (Å²) in [5.74, 6) is -0.141. The predicted molar refractivity (Wildman–Crippen MR) is 138 cm³/mol. The highest BCUT2D eigenvalue weighted by Gasteiger charge is 2.18. The minimum atomic E-state index is -5.16. The number of H-pyrrole nitrogens is 1. The standard InChI is InChI=1S/C27H22FN3O4S/c1-3-4-10-31-24-14-21(18-6-5-7-19(13-18)35-36(28,33)34)16(2)11-22(24)26(32)25-20-9-8-17(15-29)12-23(20)30-27(25)31/h5-9,11-14,30H,3-4,10H2,1-2H3. The number of aryl methyl sites for hydroxylation is 2. The average molecular weight is 504 g/mol. The number of halogens is 1. The van der Waals surface area contributed by atoms with Crippen molar-refractivity contribution in [2.75, 3.05) is 0 Å². The van der Waals surface area contributed by atoms with E-state index in [2.05, 4.69) is 26.7 Å². The van der Waals surface area contributed by atoms with Gasteiger partial charge in [-0.2, -0.15) is 13.7 Å². The van der Waals surface area contributed by atoms with Crippen LogP contribution in [0.3, 0.4) is 0 Å². The van der Waals surface area contributed by atoms with Crippen molar-refractivity contribution in [3.05, 3.63) is 75.9 Å². The average Bonchev–Trinajstić information content (AvgIpc) is 3.22. The van der Waals surface area contributed by atoms with Crippen molar-refractivity contribution >= 4 is 43.3 Å². The Morgan fingerprint density at radius 1 is 1.11 bits per heavy atom. The third-order valence-electron chi connectivity index (χ3n) is 6.36. The van der Waals surface area contributed by atoms with E-state index in [4.69, 9.17) is 0 Å². The first-order chi connectivity index (χ1) is 17.2. The molecule has 2 aromatic heterocycles. The van der Waals surface area contributed by atoms with Crippen molar-refractivity contribution in [1.82, 2.24) is 9.55 Å². The van der Waals surface area contributed by atoms with E-state index in [9.17, 15) is 22.4 Å². The first-order valence-electron chi connectivity index (χ1n) is 11.5. The fourth-order valence-corrected chi connectivity index (χ4v) is 5.07. The Morgan fingerprint density at radius 3 is 2.64 bits per heavy atom. The number of unbranched alkanes of at least 4 members (excludes halogenated alkanes) is 1. The van der Waals surface area contributed by atoms with E-state index in [0.717, 1.165) is 40.4 Å². The van der Waals surface area contributed by atoms with Gasteiger partial charge in [0, 0.05) is 22.8 Å². The number of rotatable bonds is 6. The van der Waals surface area contributed by atoms with Gasteiger partial charge in [-0.25, -0.2) is 0 Å². The molecule has 0 bridgehead atoms. The molecule has 0 spiro atoms. The third kappa shape index (κ3) is 4.10. The van der Waals surface area contributed by atoms with Gasteiger partial charge in [-0.3, -0.25) is 4.79 Å². The first kappa shape index (κ1) is 23.6. The molecule has 7 nitrogen and oxygen atoms in total. The maximum Gasteiger partial charge on any atom is 0.488 e. The number of aromatic nitrogens is 2. The molecule has 182 valence electrons. The smallest absolute Gasteiger partial charge is 0.358 e. The summed E-state index contributed by atoms with van der Waals surface area (Å²) in [6.07, 6.45) is 1.83. The van der Waals surface area contributed by atoms with Crippen molar-refractivity contribution in [1.29, 1.82) is 5.26 Å². The molecule has 0 unspecified atom stereocenters. The summed E-state index contributed by atoms with van der Waals surface area (Å²) in [5, 5.41) is 11.2. The molecule has 0 aliphatic carbocycles. The van der Waals surface area contributed by atoms with Crippen LogP contribution in [0.2, 0.25) is 0 Å². The van der Waals surface area contributed by atoms with Crippen LogP contribution in [-0.4, -0.2) is 18.0 Å². The summed E-state index contributed by atoms with van der Waals surface area (Å²) >= 11 is 0. The summed E-state index contributed by atoms with van der Waals surface area (Å²) in [6.45, 7) is 4.61. The van der Waals surface area contributed by atoms with Gasteiger partial charge in [-0.05, 0) is 66.4 Å². The molecule has 36 heavy (non-hydrogen) atoms. The number of fused-ring (bicyclic) bond motifs is 4. The van der Waals surface area contributed by atoms with Gasteiger partial charge in [0.1, 0.15) is 11.4 Å². The number of nitrogens with one attached hydrogen (secondary N) is 1. The fraction of sp³-hybridized carbons (Fsp3) is 0.185. The molecule has 0 aliphatic rings. The molecule has 0 atom stereocenters. The monoisotopic (exact) mass is 503 g/mol. The lowest BCUT2D eigenvalue weighted by Crippen LogP contribution is -2.12. The van der Waals surface area contributed by atoms with E-state index in [1.165, 1.54) is 12.1 Å². The molecular formula is C27H22FN3O4S. The maximum absolute atomic E-state index is 13.7. The van der Waals surface area contributed by atoms with Crippen molar-refractivity contribution in [3.63, 3.8) is 0 Å². The van der Waals surface area contributed by atoms with E-state index in [0.29, 0.717) is 34.1 Å². The Labute approximate surface area is 206 Å². The van der Waals surface area contributed by atoms with E-state index >= 15 is 0 Å². The number of benzene rings is 3. The van der Waals surface area contributed by atoms with Crippen molar-refractivity contribution in [2.24, 2.45) is 0 Å². The van der Waals surface area contributed by atoms with Gasteiger partial charge in [0.2, 0.25) is 0 Å². The zero-order valence-electron chi connectivity index (χ0n) is 19.6. The van der Waals surface area contributed by atoms with E-state index in [1.54, 1.807) is 30.3 Å². The quantitative estimate of drug-likeness (QED) is 0.292. The first-order valence-corrected chi connectivity index (χ1v) is 12.8. The Morgan fingerprint density at radius 2 is 1.92 bits per heavy atom. The molecule has 2 heterocycles. The lowest BCUT2D eigenvalue weighted by molar-refractivity contribution is 0.440. The van der Waals surface area contributed by atoms with Crippen molar-refractivity contribution in [2.45, 2.75) is 33.2 Å². The van der Waals surface area contributed by atoms with Crippen LogP contribution in [0.4, 0.5) is 3.89 Å². The van der Waals surface area contributed by atoms with Crippen LogP contribution >= 0.6 is 0 Å². The largest absolute Gasteiger partial charge is 0.488 e. The van der Waals surface area contributed by atoms with Gasteiger partial charge in [-0.15, -0.1) is 0 Å². The highest BCUT2D eigenvalue weighted by Crippen LogP contribution is 2.33. The zero-order chi connectivity index (χ0) is 25.6. The second-order valence-electron chi connectivity index (χ2n) is 8.74. The zero-order valence-corrected chi connectivity index (χ0v) is 20.4. The minimum Gasteiger partial charge on any atom is -0.358 e. The summed E-state index contributed by atoms with van der Waals surface area (Å²) in [6, 6.07) is 17.3. The second-order valence-corrected chi connectivity index (χ2v) is 9.70. The number of pyridine rings is 1. The Bertz CT molecular complexity index is 1880. The summed E-state index contributed by atoms with van der Waals surface area (Å²) in [5.41, 5.74) is 4.69. The molecule has 0 aliphatic heterocycles. The van der Waals surface area contributed by atoms with Gasteiger partial charge in [0.15, 0.2) is 5.43 Å². The van der Waals surface area contributed by atoms with Gasteiger partial charge in [-0.1, -0.05) is 35.4 Å². The Balaban J connectivity index is 1.82. The van der Waals surface area contributed by atoms with Gasteiger partial charge < -0.3 is 13.7 Å². The van der Waals surface area contributed by atoms with Crippen molar-refractivity contribution in [3.8, 4) is 22.9 Å². The second kappa shape index (κ2) is 8.81. The molecule has 0 amide bonds. The Hall–Kier alpha value is -4.16. The number of aromatic amines is 1. The van der Waals surface area contributed by atoms with Crippen molar-refractivity contribution < 1.29 is 16.5 Å². The lowest BCUT2D eigenvalue weighted by Gasteiger charge is -2.16. The number of hydrogen-bond acceptors (Lipinski definition) is 5. The van der Waals surface area contributed by atoms with Gasteiger partial charge >= 0.3 is 10.5 Å². The number of nitrogens with zero attached hydrogens (tertiary/aromatic N) is 2. The van der Waals surface area contributed by atoms with Crippen LogP contribution < -0.4 is 9.61 Å². The third-order valence-corrected chi connectivity index (χ3v) is 6.75. The fourth-order valence-electron chi connectivity index (χ4n) is 4.73. The van der Waals surface area contributed by atoms with Crippen LogP contribution in [0.1, 0.15) is 30.9 Å². The number of hydrogen-bond donors (Lipinski definition) is 1. The Kier molecular flexibility index (Phi) is 5.77. The predicted octanol–water partition coefficient (Wildman–Crippen LogP) is 5.88. The molecule has 5 aromatic rings. The van der Waals surface area contributed by atoms with Gasteiger partial charge in [0.05, 0.1) is 22.5 Å². The van der Waals surface area contributed by atoms with Crippen LogP contribution in [0.5, 0.6) is 5.75 Å². The molecule has 0 saturated heterocycles. The summed E-state index contributed by atoms with van der Waals surface area (Å²) in [4.78, 5) is 17.1. The molecule has 0 radical (unpaired) electrons. The van der Waals surface area contributed by atoms with Gasteiger partial charge in [0.25, 0.3) is 0 Å². The molecule has 3 aromatic carbocycles. The van der Waals surface area contributed by atoms with E-state index in [-0.39, 0.29) is 11.2 Å². The number of nitriles is 1. The van der Waals surface area contributed by atoms with E-state index < -0.39 is 10.5 Å². The molecule has 1 N–H and O–H groups in total. The SMILES string of the molecule is CCCCn1c2cc(-c3cccc(OS(=O)(=O)F)c3)c(C)cc2c(=O)c2c3ccc(C#N)cc3[nH]c21. The molecular weight excluding hydrogens is 481 g/mol. The molecule has 0 saturated carbocycles. The summed E-state index contributed by atoms with van der Waals surface area (Å²) in [7, 11) is -5.16. The lowest BCUT2D eigenvalue weighted by atomic mass is 9.97.